The second kappa shape index (κ2) is 2.66. The zero-order valence-electron chi connectivity index (χ0n) is 6.54. The van der Waals surface area contributed by atoms with Crippen LogP contribution in [0.4, 0.5) is 0 Å². The van der Waals surface area contributed by atoms with Crippen LogP contribution in [0.5, 0.6) is 0 Å². The van der Waals surface area contributed by atoms with Gasteiger partial charge in [-0.15, -0.1) is 0 Å². The van der Waals surface area contributed by atoms with Gasteiger partial charge in [0.25, 0.3) is 0 Å². The maximum absolute atomic E-state index is 11.1. The second-order valence-electron chi connectivity index (χ2n) is 2.80. The molecule has 2 nitrogen and oxygen atoms in total. The summed E-state index contributed by atoms with van der Waals surface area (Å²) in [7, 11) is 5.58. The maximum Gasteiger partial charge on any atom is 0.338 e. The van der Waals surface area contributed by atoms with Gasteiger partial charge < -0.3 is 4.74 Å². The van der Waals surface area contributed by atoms with Crippen LogP contribution in [0.2, 0.25) is 0 Å². The quantitative estimate of drug-likeness (QED) is 0.398. The average Bonchev–Trinajstić information content (AvgIpc) is 2.04. The first-order chi connectivity index (χ1) is 5.77. The van der Waals surface area contributed by atoms with Crippen molar-refractivity contribution in [3.05, 3.63) is 29.3 Å². The first-order valence-electron chi connectivity index (χ1n) is 3.83. The number of esters is 1. The molecule has 2 radical (unpaired) electrons. The monoisotopic (exact) mass is 158 g/mol. The fourth-order valence-corrected chi connectivity index (χ4v) is 1.35. The van der Waals surface area contributed by atoms with E-state index in [1.54, 1.807) is 12.1 Å². The SMILES string of the molecule is [B]c1ccc2c(c1)CCOC2=O. The van der Waals surface area contributed by atoms with Crippen LogP contribution in [-0.4, -0.2) is 20.4 Å². The van der Waals surface area contributed by atoms with Crippen LogP contribution < -0.4 is 5.46 Å². The minimum Gasteiger partial charge on any atom is -0.462 e. The fourth-order valence-electron chi connectivity index (χ4n) is 1.35. The van der Waals surface area contributed by atoms with E-state index >= 15 is 0 Å². The van der Waals surface area contributed by atoms with Crippen molar-refractivity contribution >= 4 is 19.3 Å². The van der Waals surface area contributed by atoms with Crippen LogP contribution in [0.1, 0.15) is 15.9 Å². The molecule has 1 aliphatic rings. The van der Waals surface area contributed by atoms with E-state index < -0.39 is 0 Å². The standard InChI is InChI=1S/C9H7BO2/c10-7-1-2-8-6(5-7)3-4-12-9(8)11/h1-2,5H,3-4H2. The molecule has 1 aliphatic heterocycles. The number of hydrogen-bond acceptors (Lipinski definition) is 2. The fraction of sp³-hybridized carbons (Fsp3) is 0.222. The molecule has 3 heteroatoms. The number of carbonyl (C=O) groups excluding carboxylic acids is 1. The van der Waals surface area contributed by atoms with Crippen molar-refractivity contribution in [1.29, 1.82) is 0 Å². The minimum absolute atomic E-state index is 0.240. The van der Waals surface area contributed by atoms with E-state index in [9.17, 15) is 4.79 Å². The Morgan fingerprint density at radius 1 is 1.42 bits per heavy atom. The number of benzene rings is 1. The lowest BCUT2D eigenvalue weighted by Gasteiger charge is -2.15. The Labute approximate surface area is 71.9 Å². The summed E-state index contributed by atoms with van der Waals surface area (Å²) in [6.07, 6.45) is 0.770. The summed E-state index contributed by atoms with van der Waals surface area (Å²) in [5.74, 6) is -0.240. The molecular weight excluding hydrogens is 151 g/mol. The molecular formula is C9H7BO2. The van der Waals surface area contributed by atoms with Crippen LogP contribution in [0.15, 0.2) is 18.2 Å². The number of carbonyl (C=O) groups is 1. The van der Waals surface area contributed by atoms with Crippen LogP contribution in [-0.2, 0) is 11.2 Å². The van der Waals surface area contributed by atoms with Gasteiger partial charge in [0.1, 0.15) is 7.85 Å². The molecule has 0 amide bonds. The van der Waals surface area contributed by atoms with Crippen molar-refractivity contribution in [1.82, 2.24) is 0 Å². The molecule has 58 valence electrons. The number of ether oxygens (including phenoxy) is 1. The summed E-state index contributed by atoms with van der Waals surface area (Å²) >= 11 is 0. The third-order valence-electron chi connectivity index (χ3n) is 1.95. The van der Waals surface area contributed by atoms with Crippen molar-refractivity contribution in [2.45, 2.75) is 6.42 Å². The van der Waals surface area contributed by atoms with E-state index in [2.05, 4.69) is 0 Å². The lowest BCUT2D eigenvalue weighted by Crippen LogP contribution is -2.19. The van der Waals surface area contributed by atoms with Gasteiger partial charge in [0.2, 0.25) is 0 Å². The van der Waals surface area contributed by atoms with Gasteiger partial charge in [-0.2, -0.15) is 0 Å². The van der Waals surface area contributed by atoms with E-state index in [-0.39, 0.29) is 5.97 Å². The Morgan fingerprint density at radius 3 is 3.08 bits per heavy atom. The molecule has 0 saturated carbocycles. The molecule has 0 saturated heterocycles. The van der Waals surface area contributed by atoms with Crippen molar-refractivity contribution in [2.24, 2.45) is 0 Å². The van der Waals surface area contributed by atoms with Crippen LogP contribution in [0.3, 0.4) is 0 Å². The van der Waals surface area contributed by atoms with Gasteiger partial charge in [-0.1, -0.05) is 17.6 Å². The first-order valence-corrected chi connectivity index (χ1v) is 3.83. The van der Waals surface area contributed by atoms with Gasteiger partial charge >= 0.3 is 5.97 Å². The molecule has 0 spiro atoms. The van der Waals surface area contributed by atoms with E-state index in [4.69, 9.17) is 12.6 Å². The van der Waals surface area contributed by atoms with Gasteiger partial charge in [-0.25, -0.2) is 4.79 Å². The summed E-state index contributed by atoms with van der Waals surface area (Å²) in [6, 6.07) is 5.26. The zero-order valence-corrected chi connectivity index (χ0v) is 6.54. The van der Waals surface area contributed by atoms with Crippen molar-refractivity contribution < 1.29 is 9.53 Å². The topological polar surface area (TPSA) is 26.3 Å². The van der Waals surface area contributed by atoms with Crippen molar-refractivity contribution in [3.8, 4) is 0 Å². The molecule has 0 unspecified atom stereocenters. The lowest BCUT2D eigenvalue weighted by atomic mass is 9.90. The minimum atomic E-state index is -0.240. The highest BCUT2D eigenvalue weighted by Crippen LogP contribution is 2.14. The van der Waals surface area contributed by atoms with Gasteiger partial charge in [-0.3, -0.25) is 0 Å². The molecule has 0 bridgehead atoms. The van der Waals surface area contributed by atoms with Gasteiger partial charge in [0.05, 0.1) is 12.2 Å². The maximum atomic E-state index is 11.1. The van der Waals surface area contributed by atoms with Crippen LogP contribution in [0.25, 0.3) is 0 Å². The van der Waals surface area contributed by atoms with E-state index in [1.807, 2.05) is 6.07 Å². The normalized spacial score (nSPS) is 15.2. The first kappa shape index (κ1) is 7.41. The molecule has 2 rings (SSSR count). The molecule has 0 fully saturated rings. The molecule has 12 heavy (non-hydrogen) atoms. The summed E-state index contributed by atoms with van der Waals surface area (Å²) in [4.78, 5) is 11.1. The van der Waals surface area contributed by atoms with E-state index in [1.165, 1.54) is 0 Å². The summed E-state index contributed by atoms with van der Waals surface area (Å²) in [5.41, 5.74) is 2.34. The number of cyclic esters (lactones) is 1. The lowest BCUT2D eigenvalue weighted by molar-refractivity contribution is 0.0480. The Balaban J connectivity index is 2.53. The van der Waals surface area contributed by atoms with Gasteiger partial charge in [-0.05, 0) is 11.6 Å². The highest BCUT2D eigenvalue weighted by molar-refractivity contribution is 6.32. The number of rotatable bonds is 0. The highest BCUT2D eigenvalue weighted by atomic mass is 16.5. The van der Waals surface area contributed by atoms with Crippen molar-refractivity contribution in [3.63, 3.8) is 0 Å². The Morgan fingerprint density at radius 2 is 2.25 bits per heavy atom. The second-order valence-corrected chi connectivity index (χ2v) is 2.80. The van der Waals surface area contributed by atoms with E-state index in [0.717, 1.165) is 12.0 Å². The molecule has 0 aromatic heterocycles. The molecule has 0 N–H and O–H groups in total. The zero-order chi connectivity index (χ0) is 8.55. The number of hydrogen-bond donors (Lipinski definition) is 0. The van der Waals surface area contributed by atoms with E-state index in [0.29, 0.717) is 17.6 Å². The molecule has 1 aromatic carbocycles. The van der Waals surface area contributed by atoms with Gasteiger partial charge in [0, 0.05) is 6.42 Å². The van der Waals surface area contributed by atoms with Crippen molar-refractivity contribution in [2.75, 3.05) is 6.61 Å². The third kappa shape index (κ3) is 1.11. The average molecular weight is 158 g/mol. The van der Waals surface area contributed by atoms with Gasteiger partial charge in [0.15, 0.2) is 0 Å². The molecule has 1 heterocycles. The predicted octanol–water partition coefficient (Wildman–Crippen LogP) is 0.193. The molecule has 0 atom stereocenters. The highest BCUT2D eigenvalue weighted by Gasteiger charge is 2.17. The van der Waals surface area contributed by atoms with Crippen LogP contribution >= 0.6 is 0 Å². The predicted molar refractivity (Wildman–Crippen MR) is 45.8 cm³/mol. The largest absolute Gasteiger partial charge is 0.462 e. The Kier molecular flexibility index (Phi) is 1.64. The summed E-state index contributed by atoms with van der Waals surface area (Å²) < 4.78 is 4.86. The Bertz CT molecular complexity index is 333. The number of fused-ring (bicyclic) bond motifs is 1. The third-order valence-corrected chi connectivity index (χ3v) is 1.95. The Hall–Kier alpha value is -1.25. The summed E-state index contributed by atoms with van der Waals surface area (Å²) in [5, 5.41) is 0. The van der Waals surface area contributed by atoms with Crippen LogP contribution in [0, 0.1) is 0 Å². The smallest absolute Gasteiger partial charge is 0.338 e. The summed E-state index contributed by atoms with van der Waals surface area (Å²) in [6.45, 7) is 0.468. The molecule has 1 aromatic rings. The molecule has 0 aliphatic carbocycles.